The molecule has 0 amide bonds. The van der Waals surface area contributed by atoms with Crippen molar-refractivity contribution in [3.8, 4) is 0 Å². The molecule has 2 saturated heterocycles. The van der Waals surface area contributed by atoms with Gasteiger partial charge in [-0.2, -0.15) is 0 Å². The van der Waals surface area contributed by atoms with Gasteiger partial charge >= 0.3 is 11.9 Å². The average Bonchev–Trinajstić information content (AvgIpc) is 3.65. The predicted octanol–water partition coefficient (Wildman–Crippen LogP) is 5.55. The molecule has 14 atom stereocenters. The van der Waals surface area contributed by atoms with E-state index in [-0.39, 0.29) is 51.1 Å². The first-order valence-corrected chi connectivity index (χ1v) is 20.3. The van der Waals surface area contributed by atoms with Crippen LogP contribution in [0.3, 0.4) is 0 Å². The van der Waals surface area contributed by atoms with Crippen LogP contribution in [0.4, 0.5) is 0 Å². The summed E-state index contributed by atoms with van der Waals surface area (Å²) < 4.78 is 25.6. The summed E-state index contributed by atoms with van der Waals surface area (Å²) in [5.41, 5.74) is -2.05. The van der Waals surface area contributed by atoms with E-state index < -0.39 is 47.7 Å². The summed E-state index contributed by atoms with van der Waals surface area (Å²) in [4.78, 5) is 26.5. The fourth-order valence-electron chi connectivity index (χ4n) is 15.1. The Morgan fingerprint density at radius 3 is 2.29 bits per heavy atom. The van der Waals surface area contributed by atoms with Crippen LogP contribution in [0.5, 0.6) is 0 Å². The third kappa shape index (κ3) is 4.80. The molecule has 10 heteroatoms. The monoisotopic (exact) mass is 715 g/mol. The molecule has 6 aliphatic carbocycles. The molecule has 288 valence electrons. The first-order valence-electron chi connectivity index (χ1n) is 20.3. The Morgan fingerprint density at radius 1 is 0.980 bits per heavy atom. The average molecular weight is 716 g/mol. The van der Waals surface area contributed by atoms with E-state index in [1.165, 1.54) is 19.8 Å². The largest absolute Gasteiger partial charge is 0.480 e. The lowest BCUT2D eigenvalue weighted by atomic mass is 9.41. The van der Waals surface area contributed by atoms with Crippen molar-refractivity contribution >= 4 is 11.9 Å². The van der Waals surface area contributed by atoms with E-state index in [2.05, 4.69) is 39.5 Å². The molecule has 0 bridgehead atoms. The van der Waals surface area contributed by atoms with Crippen LogP contribution in [-0.2, 0) is 28.5 Å². The van der Waals surface area contributed by atoms with Gasteiger partial charge in [0, 0.05) is 18.9 Å². The van der Waals surface area contributed by atoms with Gasteiger partial charge in [0.2, 0.25) is 0 Å². The molecule has 0 radical (unpaired) electrons. The lowest BCUT2D eigenvalue weighted by Crippen LogP contribution is -2.64. The van der Waals surface area contributed by atoms with Crippen LogP contribution in [0.15, 0.2) is 0 Å². The van der Waals surface area contributed by atoms with Gasteiger partial charge in [0.1, 0.15) is 5.54 Å². The molecule has 2 spiro atoms. The number of morpholine rings is 1. The molecule has 51 heavy (non-hydrogen) atoms. The van der Waals surface area contributed by atoms with Crippen molar-refractivity contribution in [2.45, 2.75) is 174 Å². The Bertz CT molecular complexity index is 1420. The van der Waals surface area contributed by atoms with Gasteiger partial charge in [0.25, 0.3) is 0 Å². The van der Waals surface area contributed by atoms with Crippen LogP contribution in [-0.4, -0.2) is 99.8 Å². The topological polar surface area (TPSA) is 135 Å². The number of aliphatic hydroxyl groups excluding tert-OH is 1. The maximum absolute atomic E-state index is 12.6. The molecule has 6 unspecified atom stereocenters. The van der Waals surface area contributed by atoms with Crippen molar-refractivity contribution in [3.05, 3.63) is 0 Å². The predicted molar refractivity (Wildman–Crippen MR) is 188 cm³/mol. The third-order valence-corrected chi connectivity index (χ3v) is 17.6. The molecule has 8 fully saturated rings. The summed E-state index contributed by atoms with van der Waals surface area (Å²) in [5, 5.41) is 33.7. The molecule has 0 aromatic rings. The maximum Gasteiger partial charge on any atom is 0.324 e. The highest BCUT2D eigenvalue weighted by Crippen LogP contribution is 2.89. The molecule has 2 heterocycles. The number of hydrogen-bond donors (Lipinski definition) is 3. The van der Waals surface area contributed by atoms with Crippen molar-refractivity contribution in [1.82, 2.24) is 4.90 Å². The number of aliphatic carboxylic acids is 1. The number of carboxylic acid groups (broad SMARTS) is 1. The number of ether oxygens (including phenoxy) is 4. The Hall–Kier alpha value is -1.30. The minimum Gasteiger partial charge on any atom is -0.480 e. The second kappa shape index (κ2) is 11.6. The van der Waals surface area contributed by atoms with Crippen LogP contribution in [0.25, 0.3) is 0 Å². The zero-order valence-electron chi connectivity index (χ0n) is 32.4. The van der Waals surface area contributed by atoms with E-state index in [9.17, 15) is 24.9 Å². The molecule has 0 aromatic heterocycles. The second-order valence-electron chi connectivity index (χ2n) is 20.3. The standard InChI is InChI=1S/C41H65NO9/c1-23-20-25(33(36(5,6)47)49-24(2)43)50-31-30(23)37(7)16-17-40-22-39(40)15-12-28(35(3,4)26(39)10-11-27(40)38(37,8)32(31)44)51-29-21-42(18-19-48-29)41(34(45)46)13-9-14-41/h23,25-33,44,47H,9-22H2,1-8H3,(H,45,46)/t23-,25?,26+,27?,28+,29+,30+,31?,32+,33+,37?,38-,39?,40?/m1/s1. The third-order valence-electron chi connectivity index (χ3n) is 17.6. The highest BCUT2D eigenvalue weighted by Gasteiger charge is 2.84. The number of nitrogens with zero attached hydrogens (tertiary/aromatic N) is 1. The summed E-state index contributed by atoms with van der Waals surface area (Å²) in [6.07, 6.45) is 8.15. The Labute approximate surface area is 304 Å². The highest BCUT2D eigenvalue weighted by molar-refractivity contribution is 5.80. The quantitative estimate of drug-likeness (QED) is 0.288. The highest BCUT2D eigenvalue weighted by atomic mass is 16.7. The molecular formula is C41H65NO9. The number of aliphatic hydroxyl groups is 2. The van der Waals surface area contributed by atoms with Crippen LogP contribution in [0.2, 0.25) is 0 Å². The van der Waals surface area contributed by atoms with Gasteiger partial charge in [-0.15, -0.1) is 0 Å². The van der Waals surface area contributed by atoms with Crippen LogP contribution >= 0.6 is 0 Å². The van der Waals surface area contributed by atoms with E-state index in [0.717, 1.165) is 38.5 Å². The van der Waals surface area contributed by atoms with Gasteiger partial charge in [-0.25, -0.2) is 0 Å². The van der Waals surface area contributed by atoms with E-state index >= 15 is 0 Å². The SMILES string of the molecule is CC(=O)O[C@@H](C1C[C@@H](C)[C@H]2C(O1)[C@H](O)[C@@]1(C)C3CC[C@H]4C(C)(C)[C@@H](O[C@H]5CN(C6(C(=O)O)CCC6)CCO5)CCC45CC35CCC21C)C(C)(C)O. The number of hydrogen-bond acceptors (Lipinski definition) is 9. The zero-order chi connectivity index (χ0) is 36.7. The van der Waals surface area contributed by atoms with Crippen LogP contribution < -0.4 is 0 Å². The first kappa shape index (κ1) is 36.7. The van der Waals surface area contributed by atoms with Crippen molar-refractivity contribution in [1.29, 1.82) is 0 Å². The van der Waals surface area contributed by atoms with Crippen LogP contribution in [0.1, 0.15) is 126 Å². The van der Waals surface area contributed by atoms with Gasteiger partial charge in [-0.3, -0.25) is 14.5 Å². The molecule has 10 nitrogen and oxygen atoms in total. The maximum atomic E-state index is 12.6. The second-order valence-corrected chi connectivity index (χ2v) is 20.3. The number of esters is 1. The fourth-order valence-corrected chi connectivity index (χ4v) is 15.1. The number of carboxylic acids is 1. The molecule has 3 N–H and O–H groups in total. The summed E-state index contributed by atoms with van der Waals surface area (Å²) in [5.74, 6) is 0.194. The van der Waals surface area contributed by atoms with Crippen molar-refractivity contribution < 1.29 is 43.9 Å². The molecule has 2 aliphatic heterocycles. The summed E-state index contributed by atoms with van der Waals surface area (Å²) in [7, 11) is 0. The van der Waals surface area contributed by atoms with Crippen molar-refractivity contribution in [3.63, 3.8) is 0 Å². The summed E-state index contributed by atoms with van der Waals surface area (Å²) >= 11 is 0. The van der Waals surface area contributed by atoms with Gasteiger partial charge in [0.05, 0.1) is 43.2 Å². The molecule has 6 saturated carbocycles. The number of rotatable bonds is 7. The van der Waals surface area contributed by atoms with E-state index in [0.29, 0.717) is 50.8 Å². The van der Waals surface area contributed by atoms with Crippen LogP contribution in [0, 0.1) is 50.7 Å². The van der Waals surface area contributed by atoms with Crippen molar-refractivity contribution in [2.75, 3.05) is 19.7 Å². The van der Waals surface area contributed by atoms with E-state index in [1.807, 2.05) is 0 Å². The fraction of sp³-hybridized carbons (Fsp3) is 0.951. The Kier molecular flexibility index (Phi) is 8.35. The normalized spacial score (nSPS) is 50.3. The lowest BCUT2D eigenvalue weighted by Gasteiger charge is -2.64. The lowest BCUT2D eigenvalue weighted by molar-refractivity contribution is -0.257. The van der Waals surface area contributed by atoms with E-state index in [4.69, 9.17) is 18.9 Å². The number of carbonyl (C=O) groups is 2. The Morgan fingerprint density at radius 2 is 1.67 bits per heavy atom. The molecule has 0 aromatic carbocycles. The minimum absolute atomic E-state index is 0.0472. The van der Waals surface area contributed by atoms with Crippen molar-refractivity contribution in [2.24, 2.45) is 50.7 Å². The number of fused-ring (bicyclic) bond motifs is 4. The minimum atomic E-state index is -1.27. The molecule has 8 aliphatic rings. The van der Waals surface area contributed by atoms with Gasteiger partial charge in [0.15, 0.2) is 12.4 Å². The van der Waals surface area contributed by atoms with E-state index in [1.54, 1.807) is 13.8 Å². The number of carbonyl (C=O) groups excluding carboxylic acids is 1. The summed E-state index contributed by atoms with van der Waals surface area (Å²) in [6.45, 7) is 18.3. The smallest absolute Gasteiger partial charge is 0.324 e. The first-order chi connectivity index (χ1) is 23.8. The van der Waals surface area contributed by atoms with Gasteiger partial charge < -0.3 is 34.3 Å². The van der Waals surface area contributed by atoms with Gasteiger partial charge in [-0.1, -0.05) is 34.6 Å². The van der Waals surface area contributed by atoms with Gasteiger partial charge in [-0.05, 0) is 130 Å². The molecule has 8 rings (SSSR count). The zero-order valence-corrected chi connectivity index (χ0v) is 32.4. The Balaban J connectivity index is 1.02. The molecular weight excluding hydrogens is 650 g/mol. The summed E-state index contributed by atoms with van der Waals surface area (Å²) in [6, 6.07) is 0.